The Morgan fingerprint density at radius 2 is 1.61 bits per heavy atom. The van der Waals surface area contributed by atoms with Crippen LogP contribution < -0.4 is 9.47 Å². The van der Waals surface area contributed by atoms with E-state index in [0.29, 0.717) is 11.5 Å². The molecule has 0 heterocycles. The van der Waals surface area contributed by atoms with Gasteiger partial charge in [-0.15, -0.1) is 0 Å². The Hall–Kier alpha value is -3.28. The summed E-state index contributed by atoms with van der Waals surface area (Å²) >= 11 is 0. The van der Waals surface area contributed by atoms with Crippen molar-refractivity contribution < 1.29 is 28.5 Å². The molecule has 31 heavy (non-hydrogen) atoms. The summed E-state index contributed by atoms with van der Waals surface area (Å²) in [7, 11) is 5.77. The van der Waals surface area contributed by atoms with Crippen LogP contribution >= 0.6 is 0 Å². The number of benzene rings is 2. The quantitative estimate of drug-likeness (QED) is 0.378. The molecule has 2 aromatic carbocycles. The van der Waals surface area contributed by atoms with E-state index in [1.165, 1.54) is 14.2 Å². The van der Waals surface area contributed by atoms with E-state index in [2.05, 4.69) is 6.58 Å². The first-order chi connectivity index (χ1) is 14.9. The summed E-state index contributed by atoms with van der Waals surface area (Å²) < 4.78 is 21.0. The third-order valence-electron chi connectivity index (χ3n) is 6.11. The largest absolute Gasteiger partial charge is 0.497 e. The minimum atomic E-state index is -1.40. The summed E-state index contributed by atoms with van der Waals surface area (Å²) in [4.78, 5) is 25.4. The fourth-order valence-electron chi connectivity index (χ4n) is 4.61. The third-order valence-corrected chi connectivity index (χ3v) is 6.11. The Balaban J connectivity index is 2.15. The number of esters is 2. The van der Waals surface area contributed by atoms with Gasteiger partial charge in [-0.1, -0.05) is 48.6 Å². The molecule has 3 rings (SSSR count). The third kappa shape index (κ3) is 4.02. The minimum absolute atomic E-state index is 0.179. The number of methoxy groups -OCH3 is 4. The highest BCUT2D eigenvalue weighted by atomic mass is 16.5. The number of rotatable bonds is 7. The summed E-state index contributed by atoms with van der Waals surface area (Å²) in [5.41, 5.74) is 1.34. The molecule has 0 bridgehead atoms. The van der Waals surface area contributed by atoms with Crippen LogP contribution in [0.15, 0.2) is 60.7 Å². The van der Waals surface area contributed by atoms with Crippen molar-refractivity contribution in [1.29, 1.82) is 0 Å². The first kappa shape index (κ1) is 22.4. The molecule has 0 N–H and O–H groups in total. The smallest absolute Gasteiger partial charge is 0.323 e. The molecule has 1 fully saturated rings. The standard InChI is InChI=1S/C25H28O6/c1-16-14-25(23(26)30-4,24(27)31-5)15-20(16)22(17-9-7-6-8-10-17)19-12-11-18(28-2)13-21(19)29-3/h6-13,20,22H,1,14-15H2,2-5H3/t20-,22+/m1/s1. The maximum atomic E-state index is 12.7. The lowest BCUT2D eigenvalue weighted by Crippen LogP contribution is -2.39. The van der Waals surface area contributed by atoms with Crippen LogP contribution in [-0.4, -0.2) is 40.4 Å². The number of carbonyl (C=O) groups is 2. The summed E-state index contributed by atoms with van der Waals surface area (Å²) in [5, 5.41) is 0. The van der Waals surface area contributed by atoms with Crippen LogP contribution in [0.3, 0.4) is 0 Å². The van der Waals surface area contributed by atoms with Gasteiger partial charge in [-0.2, -0.15) is 0 Å². The van der Waals surface area contributed by atoms with Gasteiger partial charge in [0.1, 0.15) is 11.5 Å². The summed E-state index contributed by atoms with van der Waals surface area (Å²) in [6.07, 6.45) is 0.415. The maximum absolute atomic E-state index is 12.7. The second-order valence-electron chi connectivity index (χ2n) is 7.71. The molecule has 1 saturated carbocycles. The molecule has 0 amide bonds. The molecular weight excluding hydrogens is 396 g/mol. The average Bonchev–Trinajstić information content (AvgIpc) is 3.16. The molecule has 0 unspecified atom stereocenters. The Labute approximate surface area is 182 Å². The lowest BCUT2D eigenvalue weighted by atomic mass is 9.76. The maximum Gasteiger partial charge on any atom is 0.323 e. The van der Waals surface area contributed by atoms with Gasteiger partial charge in [0, 0.05) is 17.5 Å². The van der Waals surface area contributed by atoms with Crippen molar-refractivity contribution >= 4 is 11.9 Å². The Morgan fingerprint density at radius 3 is 2.16 bits per heavy atom. The highest BCUT2D eigenvalue weighted by molar-refractivity contribution is 6.01. The second-order valence-corrected chi connectivity index (χ2v) is 7.71. The molecule has 0 radical (unpaired) electrons. The zero-order valence-corrected chi connectivity index (χ0v) is 18.3. The average molecular weight is 424 g/mol. The van der Waals surface area contributed by atoms with Gasteiger partial charge < -0.3 is 18.9 Å². The number of hydrogen-bond acceptors (Lipinski definition) is 6. The van der Waals surface area contributed by atoms with Crippen LogP contribution in [0, 0.1) is 11.3 Å². The van der Waals surface area contributed by atoms with E-state index in [4.69, 9.17) is 18.9 Å². The second kappa shape index (κ2) is 9.25. The van der Waals surface area contributed by atoms with Crippen molar-refractivity contribution in [2.45, 2.75) is 18.8 Å². The normalized spacial score (nSPS) is 18.2. The molecule has 0 spiro atoms. The number of ether oxygens (including phenoxy) is 4. The fraction of sp³-hybridized carbons (Fsp3) is 0.360. The van der Waals surface area contributed by atoms with Crippen molar-refractivity contribution in [3.63, 3.8) is 0 Å². The van der Waals surface area contributed by atoms with E-state index in [-0.39, 0.29) is 24.7 Å². The number of carbonyl (C=O) groups excluding carboxylic acids is 2. The van der Waals surface area contributed by atoms with Crippen molar-refractivity contribution in [1.82, 2.24) is 0 Å². The molecule has 6 heteroatoms. The zero-order chi connectivity index (χ0) is 22.6. The van der Waals surface area contributed by atoms with Gasteiger partial charge in [0.05, 0.1) is 28.4 Å². The predicted molar refractivity (Wildman–Crippen MR) is 116 cm³/mol. The minimum Gasteiger partial charge on any atom is -0.497 e. The van der Waals surface area contributed by atoms with Gasteiger partial charge in [0.2, 0.25) is 0 Å². The first-order valence-electron chi connectivity index (χ1n) is 10.0. The molecule has 1 aliphatic carbocycles. The Bertz CT molecular complexity index is 949. The van der Waals surface area contributed by atoms with E-state index in [0.717, 1.165) is 16.7 Å². The van der Waals surface area contributed by atoms with Crippen LogP contribution in [0.25, 0.3) is 0 Å². The summed E-state index contributed by atoms with van der Waals surface area (Å²) in [6, 6.07) is 15.6. The summed E-state index contributed by atoms with van der Waals surface area (Å²) in [6.45, 7) is 4.24. The monoisotopic (exact) mass is 424 g/mol. The Morgan fingerprint density at radius 1 is 0.968 bits per heavy atom. The van der Waals surface area contributed by atoms with Crippen LogP contribution in [0.4, 0.5) is 0 Å². The molecule has 0 aromatic heterocycles. The topological polar surface area (TPSA) is 71.1 Å². The lowest BCUT2D eigenvalue weighted by molar-refractivity contribution is -0.168. The van der Waals surface area contributed by atoms with E-state index >= 15 is 0 Å². The van der Waals surface area contributed by atoms with Crippen LogP contribution in [0.2, 0.25) is 0 Å². The molecule has 2 atom stereocenters. The van der Waals surface area contributed by atoms with E-state index in [1.807, 2.05) is 48.5 Å². The van der Waals surface area contributed by atoms with Crippen molar-refractivity contribution in [2.75, 3.05) is 28.4 Å². The van der Waals surface area contributed by atoms with Crippen molar-refractivity contribution in [2.24, 2.45) is 11.3 Å². The molecule has 164 valence electrons. The lowest BCUT2D eigenvalue weighted by Gasteiger charge is -2.28. The van der Waals surface area contributed by atoms with Crippen molar-refractivity contribution in [3.05, 3.63) is 71.8 Å². The SMILES string of the molecule is C=C1CC(C(=O)OC)(C(=O)OC)C[C@H]1[C@@H](c1ccccc1)c1ccc(OC)cc1OC. The predicted octanol–water partition coefficient (Wildman–Crippen LogP) is 4.13. The van der Waals surface area contributed by atoms with Gasteiger partial charge >= 0.3 is 11.9 Å². The molecular formula is C25H28O6. The van der Waals surface area contributed by atoms with Crippen LogP contribution in [-0.2, 0) is 19.1 Å². The van der Waals surface area contributed by atoms with Gasteiger partial charge in [0.15, 0.2) is 5.41 Å². The highest BCUT2D eigenvalue weighted by Crippen LogP contribution is 2.54. The van der Waals surface area contributed by atoms with Crippen LogP contribution in [0.1, 0.15) is 29.9 Å². The Kier molecular flexibility index (Phi) is 6.68. The van der Waals surface area contributed by atoms with Crippen molar-refractivity contribution in [3.8, 4) is 11.5 Å². The zero-order valence-electron chi connectivity index (χ0n) is 18.3. The van der Waals surface area contributed by atoms with E-state index in [9.17, 15) is 9.59 Å². The van der Waals surface area contributed by atoms with Gasteiger partial charge in [0.25, 0.3) is 0 Å². The van der Waals surface area contributed by atoms with Gasteiger partial charge in [-0.05, 0) is 30.4 Å². The fourth-order valence-corrected chi connectivity index (χ4v) is 4.61. The number of hydrogen-bond donors (Lipinski definition) is 0. The van der Waals surface area contributed by atoms with E-state index in [1.54, 1.807) is 14.2 Å². The molecule has 1 aliphatic rings. The van der Waals surface area contributed by atoms with Gasteiger partial charge in [-0.3, -0.25) is 9.59 Å². The molecule has 0 aliphatic heterocycles. The summed E-state index contributed by atoms with van der Waals surface area (Å²) in [5.74, 6) is -0.257. The van der Waals surface area contributed by atoms with Crippen LogP contribution in [0.5, 0.6) is 11.5 Å². The highest BCUT2D eigenvalue weighted by Gasteiger charge is 2.56. The number of allylic oxidation sites excluding steroid dienone is 1. The van der Waals surface area contributed by atoms with Gasteiger partial charge in [-0.25, -0.2) is 0 Å². The molecule has 0 saturated heterocycles. The first-order valence-corrected chi connectivity index (χ1v) is 10.0. The molecule has 6 nitrogen and oxygen atoms in total. The molecule has 2 aromatic rings. The van der Waals surface area contributed by atoms with E-state index < -0.39 is 17.4 Å².